The number of nitrogens with one attached hydrogen (secondary N) is 1. The molecule has 3 heteroatoms. The first-order valence-electron chi connectivity index (χ1n) is 4.82. The molecule has 0 saturated heterocycles. The molecule has 0 bridgehead atoms. The number of phenols is 1. The summed E-state index contributed by atoms with van der Waals surface area (Å²) in [5, 5.41) is 12.5. The van der Waals surface area contributed by atoms with Gasteiger partial charge in [0.25, 0.3) is 0 Å². The van der Waals surface area contributed by atoms with Gasteiger partial charge in [0.1, 0.15) is 5.75 Å². The normalized spacial score (nSPS) is 11.8. The Hall–Kier alpha value is -1.77. The summed E-state index contributed by atoms with van der Waals surface area (Å²) in [6.07, 6.45) is 2.98. The highest BCUT2D eigenvalue weighted by atomic mass is 16.3. The van der Waals surface area contributed by atoms with E-state index in [1.807, 2.05) is 19.1 Å². The Morgan fingerprint density at radius 1 is 1.60 bits per heavy atom. The molecule has 80 valence electrons. The fraction of sp³-hybridized carbons (Fsp3) is 0.250. The number of para-hydroxylation sites is 1. The minimum absolute atomic E-state index is 0.188. The van der Waals surface area contributed by atoms with Crippen LogP contribution in [0.2, 0.25) is 0 Å². The zero-order valence-electron chi connectivity index (χ0n) is 8.73. The van der Waals surface area contributed by atoms with Crippen molar-refractivity contribution >= 4 is 6.41 Å². The van der Waals surface area contributed by atoms with Crippen LogP contribution in [0.3, 0.4) is 0 Å². The van der Waals surface area contributed by atoms with Crippen LogP contribution in [0.1, 0.15) is 24.1 Å². The van der Waals surface area contributed by atoms with E-state index in [1.165, 1.54) is 0 Å². The van der Waals surface area contributed by atoms with Gasteiger partial charge in [-0.15, -0.1) is 6.58 Å². The van der Waals surface area contributed by atoms with Gasteiger partial charge in [-0.25, -0.2) is 0 Å². The van der Waals surface area contributed by atoms with Crippen molar-refractivity contribution in [1.82, 2.24) is 5.32 Å². The molecule has 0 saturated carbocycles. The minimum Gasteiger partial charge on any atom is -0.507 e. The Kier molecular flexibility index (Phi) is 3.92. The van der Waals surface area contributed by atoms with Crippen LogP contribution in [-0.4, -0.2) is 11.5 Å². The van der Waals surface area contributed by atoms with Gasteiger partial charge < -0.3 is 10.4 Å². The van der Waals surface area contributed by atoms with E-state index in [-0.39, 0.29) is 11.8 Å². The fourth-order valence-corrected chi connectivity index (χ4v) is 1.47. The third kappa shape index (κ3) is 2.59. The summed E-state index contributed by atoms with van der Waals surface area (Å²) in [6, 6.07) is 5.31. The summed E-state index contributed by atoms with van der Waals surface area (Å²) in [5.74, 6) is 0.235. The molecular weight excluding hydrogens is 190 g/mol. The average molecular weight is 205 g/mol. The number of carbonyl (C=O) groups is 1. The number of phenolic OH excluding ortho intramolecular Hbond substituents is 1. The van der Waals surface area contributed by atoms with Crippen LogP contribution in [0.5, 0.6) is 5.75 Å². The van der Waals surface area contributed by atoms with E-state index < -0.39 is 0 Å². The highest BCUT2D eigenvalue weighted by Crippen LogP contribution is 2.27. The zero-order chi connectivity index (χ0) is 11.3. The zero-order valence-corrected chi connectivity index (χ0v) is 8.73. The second-order valence-corrected chi connectivity index (χ2v) is 3.35. The molecule has 0 aliphatic rings. The first-order chi connectivity index (χ1) is 7.20. The Labute approximate surface area is 89.4 Å². The highest BCUT2D eigenvalue weighted by molar-refractivity contribution is 5.50. The average Bonchev–Trinajstić information content (AvgIpc) is 2.22. The second kappa shape index (κ2) is 5.20. The number of benzene rings is 1. The molecular formula is C12H15NO2. The van der Waals surface area contributed by atoms with Gasteiger partial charge in [-0.1, -0.05) is 24.3 Å². The molecule has 1 aromatic rings. The molecule has 0 heterocycles. The Bertz CT molecular complexity index is 361. The summed E-state index contributed by atoms with van der Waals surface area (Å²) >= 11 is 0. The standard InChI is InChI=1S/C12H15NO2/c1-3-5-10-6-4-7-11(12(10)15)9(2)13-8-14/h3-4,6-9,15H,1,5H2,2H3,(H,13,14). The fourth-order valence-electron chi connectivity index (χ4n) is 1.47. The van der Waals surface area contributed by atoms with Crippen LogP contribution in [0, 0.1) is 0 Å². The van der Waals surface area contributed by atoms with Crippen LogP contribution in [0.4, 0.5) is 0 Å². The Morgan fingerprint density at radius 3 is 2.93 bits per heavy atom. The SMILES string of the molecule is C=CCc1cccc(C(C)NC=O)c1O. The van der Waals surface area contributed by atoms with Crippen LogP contribution in [-0.2, 0) is 11.2 Å². The van der Waals surface area contributed by atoms with Gasteiger partial charge >= 0.3 is 0 Å². The maximum Gasteiger partial charge on any atom is 0.207 e. The van der Waals surface area contributed by atoms with Crippen molar-refractivity contribution in [3.8, 4) is 5.75 Å². The molecule has 1 amide bonds. The van der Waals surface area contributed by atoms with E-state index in [9.17, 15) is 9.90 Å². The molecule has 0 spiro atoms. The molecule has 2 N–H and O–H groups in total. The number of rotatable bonds is 5. The Balaban J connectivity index is 3.02. The Morgan fingerprint density at radius 2 is 2.33 bits per heavy atom. The summed E-state index contributed by atoms with van der Waals surface area (Å²) in [4.78, 5) is 10.3. The van der Waals surface area contributed by atoms with Crippen molar-refractivity contribution in [2.75, 3.05) is 0 Å². The van der Waals surface area contributed by atoms with Gasteiger partial charge in [0.05, 0.1) is 6.04 Å². The van der Waals surface area contributed by atoms with Gasteiger partial charge in [0, 0.05) is 5.56 Å². The number of carbonyl (C=O) groups excluding carboxylic acids is 1. The lowest BCUT2D eigenvalue weighted by molar-refractivity contribution is -0.110. The van der Waals surface area contributed by atoms with Crippen molar-refractivity contribution in [3.05, 3.63) is 42.0 Å². The number of hydrogen-bond donors (Lipinski definition) is 2. The van der Waals surface area contributed by atoms with Crippen molar-refractivity contribution in [2.45, 2.75) is 19.4 Å². The van der Waals surface area contributed by atoms with Crippen LogP contribution >= 0.6 is 0 Å². The lowest BCUT2D eigenvalue weighted by Crippen LogP contribution is -2.16. The van der Waals surface area contributed by atoms with Gasteiger partial charge in [-0.3, -0.25) is 4.79 Å². The summed E-state index contributed by atoms with van der Waals surface area (Å²) in [6.45, 7) is 5.45. The molecule has 0 aliphatic heterocycles. The van der Waals surface area contributed by atoms with Crippen molar-refractivity contribution in [3.63, 3.8) is 0 Å². The largest absolute Gasteiger partial charge is 0.507 e. The molecule has 1 aromatic carbocycles. The van der Waals surface area contributed by atoms with E-state index in [2.05, 4.69) is 11.9 Å². The number of aromatic hydroxyl groups is 1. The molecule has 3 nitrogen and oxygen atoms in total. The van der Waals surface area contributed by atoms with E-state index in [1.54, 1.807) is 12.1 Å². The predicted octanol–water partition coefficient (Wildman–Crippen LogP) is 1.93. The molecule has 1 atom stereocenters. The molecule has 15 heavy (non-hydrogen) atoms. The van der Waals surface area contributed by atoms with Gasteiger partial charge in [0.2, 0.25) is 6.41 Å². The lowest BCUT2D eigenvalue weighted by Gasteiger charge is -2.14. The topological polar surface area (TPSA) is 49.3 Å². The monoisotopic (exact) mass is 205 g/mol. The third-order valence-corrected chi connectivity index (χ3v) is 2.30. The summed E-state index contributed by atoms with van der Waals surface area (Å²) in [7, 11) is 0. The first-order valence-corrected chi connectivity index (χ1v) is 4.82. The molecule has 1 unspecified atom stereocenters. The summed E-state index contributed by atoms with van der Waals surface area (Å²) < 4.78 is 0. The molecule has 1 rings (SSSR count). The maximum absolute atomic E-state index is 10.3. The third-order valence-electron chi connectivity index (χ3n) is 2.30. The van der Waals surface area contributed by atoms with Gasteiger partial charge in [-0.05, 0) is 18.9 Å². The number of allylic oxidation sites excluding steroid dienone is 1. The van der Waals surface area contributed by atoms with Crippen LogP contribution < -0.4 is 5.32 Å². The van der Waals surface area contributed by atoms with Gasteiger partial charge in [0.15, 0.2) is 0 Å². The molecule has 0 aromatic heterocycles. The molecule has 0 fully saturated rings. The van der Waals surface area contributed by atoms with Crippen LogP contribution in [0.15, 0.2) is 30.9 Å². The quantitative estimate of drug-likeness (QED) is 0.570. The van der Waals surface area contributed by atoms with E-state index in [0.29, 0.717) is 12.8 Å². The second-order valence-electron chi connectivity index (χ2n) is 3.35. The van der Waals surface area contributed by atoms with Crippen molar-refractivity contribution < 1.29 is 9.90 Å². The number of hydrogen-bond acceptors (Lipinski definition) is 2. The van der Waals surface area contributed by atoms with Crippen molar-refractivity contribution in [1.29, 1.82) is 0 Å². The molecule has 0 radical (unpaired) electrons. The first kappa shape index (κ1) is 11.3. The lowest BCUT2D eigenvalue weighted by atomic mass is 10.0. The highest BCUT2D eigenvalue weighted by Gasteiger charge is 2.11. The minimum atomic E-state index is -0.188. The smallest absolute Gasteiger partial charge is 0.207 e. The van der Waals surface area contributed by atoms with E-state index in [4.69, 9.17) is 0 Å². The van der Waals surface area contributed by atoms with E-state index in [0.717, 1.165) is 11.1 Å². The van der Waals surface area contributed by atoms with E-state index >= 15 is 0 Å². The summed E-state index contributed by atoms with van der Waals surface area (Å²) in [5.41, 5.74) is 1.54. The molecule has 0 aliphatic carbocycles. The maximum atomic E-state index is 10.3. The number of amides is 1. The van der Waals surface area contributed by atoms with Crippen molar-refractivity contribution in [2.24, 2.45) is 0 Å². The van der Waals surface area contributed by atoms with Crippen LogP contribution in [0.25, 0.3) is 0 Å². The van der Waals surface area contributed by atoms with Gasteiger partial charge in [-0.2, -0.15) is 0 Å². The predicted molar refractivity (Wildman–Crippen MR) is 59.6 cm³/mol.